The van der Waals surface area contributed by atoms with Crippen molar-refractivity contribution in [2.75, 3.05) is 10.6 Å². The first-order valence-corrected chi connectivity index (χ1v) is 11.7. The Morgan fingerprint density at radius 2 is 1.88 bits per heavy atom. The Morgan fingerprint density at radius 3 is 2.53 bits per heavy atom. The highest BCUT2D eigenvalue weighted by Crippen LogP contribution is 2.27. The molecule has 0 bridgehead atoms. The molecule has 0 aliphatic carbocycles. The van der Waals surface area contributed by atoms with E-state index in [0.29, 0.717) is 22.2 Å². The fourth-order valence-corrected chi connectivity index (χ4v) is 3.95. The van der Waals surface area contributed by atoms with Gasteiger partial charge in [-0.15, -0.1) is 10.2 Å². The van der Waals surface area contributed by atoms with E-state index in [-0.39, 0.29) is 10.9 Å². The molecule has 2 aromatic carbocycles. The number of amides is 3. The second-order valence-electron chi connectivity index (χ2n) is 7.00. The third-order valence-electron chi connectivity index (χ3n) is 4.71. The molecule has 0 unspecified atom stereocenters. The molecule has 0 aliphatic rings. The first kappa shape index (κ1) is 24.1. The van der Waals surface area contributed by atoms with Crippen LogP contribution in [0.1, 0.15) is 20.3 Å². The number of urea groups is 1. The number of nitrogens with one attached hydrogen (secondary N) is 3. The van der Waals surface area contributed by atoms with Gasteiger partial charge in [-0.3, -0.25) is 10.1 Å². The lowest BCUT2D eigenvalue weighted by Crippen LogP contribution is -2.49. The van der Waals surface area contributed by atoms with Gasteiger partial charge in [0.05, 0.1) is 5.02 Å². The molecule has 0 spiro atoms. The maximum atomic E-state index is 13.3. The standard InChI is InChI=1S/C21H20BrClFN5O2S/c1-3-11(2)17(26-20(31)25-14-8-9-16(24)15(23)10-14)18(30)27-21-29-28-19(32-21)12-4-6-13(22)7-5-12/h4-11,17H,3H2,1-2H3,(H2,25,26,31)(H,27,29,30)/t11-,17-/m0/s1. The van der Waals surface area contributed by atoms with Crippen molar-refractivity contribution < 1.29 is 14.0 Å². The van der Waals surface area contributed by atoms with Gasteiger partial charge in [0.1, 0.15) is 16.9 Å². The molecule has 0 radical (unpaired) electrons. The van der Waals surface area contributed by atoms with Crippen LogP contribution in [0.25, 0.3) is 10.6 Å². The van der Waals surface area contributed by atoms with E-state index >= 15 is 0 Å². The van der Waals surface area contributed by atoms with Gasteiger partial charge in [0.2, 0.25) is 11.0 Å². The number of benzene rings is 2. The molecular weight excluding hydrogens is 521 g/mol. The molecule has 3 N–H and O–H groups in total. The zero-order valence-corrected chi connectivity index (χ0v) is 20.3. The zero-order chi connectivity index (χ0) is 23.3. The molecule has 11 heteroatoms. The highest BCUT2D eigenvalue weighted by Gasteiger charge is 2.27. The van der Waals surface area contributed by atoms with Crippen LogP contribution in [-0.2, 0) is 4.79 Å². The number of hydrogen-bond donors (Lipinski definition) is 3. The van der Waals surface area contributed by atoms with Crippen LogP contribution >= 0.6 is 38.9 Å². The summed E-state index contributed by atoms with van der Waals surface area (Å²) in [6.45, 7) is 3.77. The number of halogens is 3. The van der Waals surface area contributed by atoms with Gasteiger partial charge in [-0.1, -0.05) is 71.3 Å². The molecule has 0 saturated heterocycles. The predicted molar refractivity (Wildman–Crippen MR) is 128 cm³/mol. The van der Waals surface area contributed by atoms with Gasteiger partial charge in [-0.25, -0.2) is 9.18 Å². The van der Waals surface area contributed by atoms with Crippen LogP contribution in [0.5, 0.6) is 0 Å². The molecule has 3 amide bonds. The molecule has 7 nitrogen and oxygen atoms in total. The SMILES string of the molecule is CC[C@H](C)[C@H](NC(=O)Nc1ccc(F)c(Cl)c1)C(=O)Nc1nnc(-c2ccc(Br)cc2)s1. The Hall–Kier alpha value is -2.56. The minimum atomic E-state index is -0.823. The van der Waals surface area contributed by atoms with E-state index in [0.717, 1.165) is 16.1 Å². The Balaban J connectivity index is 1.67. The number of rotatable bonds is 7. The fourth-order valence-electron chi connectivity index (χ4n) is 2.75. The smallest absolute Gasteiger partial charge is 0.319 e. The van der Waals surface area contributed by atoms with Crippen LogP contribution in [0, 0.1) is 11.7 Å². The summed E-state index contributed by atoms with van der Waals surface area (Å²) >= 11 is 10.4. The van der Waals surface area contributed by atoms with Crippen LogP contribution in [0.15, 0.2) is 46.9 Å². The van der Waals surface area contributed by atoms with Crippen molar-refractivity contribution >= 4 is 61.6 Å². The number of carbonyl (C=O) groups is 2. The highest BCUT2D eigenvalue weighted by molar-refractivity contribution is 9.10. The highest BCUT2D eigenvalue weighted by atomic mass is 79.9. The third-order valence-corrected chi connectivity index (χ3v) is 6.41. The molecule has 1 heterocycles. The topological polar surface area (TPSA) is 96.0 Å². The molecule has 0 fully saturated rings. The fraction of sp³-hybridized carbons (Fsp3) is 0.238. The second-order valence-corrected chi connectivity index (χ2v) is 9.30. The molecule has 168 valence electrons. The normalized spacial score (nSPS) is 12.7. The van der Waals surface area contributed by atoms with E-state index in [1.54, 1.807) is 0 Å². The summed E-state index contributed by atoms with van der Waals surface area (Å²) < 4.78 is 14.3. The summed E-state index contributed by atoms with van der Waals surface area (Å²) in [6.07, 6.45) is 0.654. The predicted octanol–water partition coefficient (Wildman–Crippen LogP) is 5.94. The first-order valence-electron chi connectivity index (χ1n) is 9.69. The van der Waals surface area contributed by atoms with Crippen molar-refractivity contribution in [3.63, 3.8) is 0 Å². The summed E-state index contributed by atoms with van der Waals surface area (Å²) in [7, 11) is 0. The maximum Gasteiger partial charge on any atom is 0.319 e. The summed E-state index contributed by atoms with van der Waals surface area (Å²) in [5.41, 5.74) is 1.18. The zero-order valence-electron chi connectivity index (χ0n) is 17.2. The molecule has 0 aliphatic heterocycles. The summed E-state index contributed by atoms with van der Waals surface area (Å²) in [5, 5.41) is 17.0. The van der Waals surface area contributed by atoms with Crippen LogP contribution in [0.2, 0.25) is 5.02 Å². The summed E-state index contributed by atoms with van der Waals surface area (Å²) in [5.74, 6) is -1.16. The lowest BCUT2D eigenvalue weighted by atomic mass is 9.98. The third kappa shape index (κ3) is 6.24. The van der Waals surface area contributed by atoms with Crippen molar-refractivity contribution in [3.05, 3.63) is 57.8 Å². The van der Waals surface area contributed by atoms with Crippen LogP contribution in [0.4, 0.5) is 20.0 Å². The lowest BCUT2D eigenvalue weighted by Gasteiger charge is -2.23. The van der Waals surface area contributed by atoms with Gasteiger partial charge in [0.15, 0.2) is 0 Å². The number of nitrogens with zero attached hydrogens (tertiary/aromatic N) is 2. The van der Waals surface area contributed by atoms with Gasteiger partial charge in [-0.2, -0.15) is 0 Å². The van der Waals surface area contributed by atoms with Gasteiger partial charge >= 0.3 is 6.03 Å². The number of aromatic nitrogens is 2. The number of anilines is 2. The van der Waals surface area contributed by atoms with E-state index in [2.05, 4.69) is 42.1 Å². The van der Waals surface area contributed by atoms with Gasteiger partial charge in [0.25, 0.3) is 0 Å². The van der Waals surface area contributed by atoms with Crippen LogP contribution in [-0.4, -0.2) is 28.2 Å². The number of carbonyl (C=O) groups excluding carboxylic acids is 2. The number of hydrogen-bond acceptors (Lipinski definition) is 5. The van der Waals surface area contributed by atoms with Crippen LogP contribution < -0.4 is 16.0 Å². The first-order chi connectivity index (χ1) is 15.3. The van der Waals surface area contributed by atoms with E-state index in [4.69, 9.17) is 11.6 Å². The summed E-state index contributed by atoms with van der Waals surface area (Å²) in [4.78, 5) is 25.3. The van der Waals surface area contributed by atoms with E-state index in [1.165, 1.54) is 23.5 Å². The Bertz CT molecular complexity index is 1110. The quantitative estimate of drug-likeness (QED) is 0.346. The largest absolute Gasteiger partial charge is 0.326 e. The molecule has 0 saturated carbocycles. The van der Waals surface area contributed by atoms with Crippen molar-refractivity contribution in [3.8, 4) is 10.6 Å². The van der Waals surface area contributed by atoms with E-state index in [9.17, 15) is 14.0 Å². The van der Waals surface area contributed by atoms with E-state index < -0.39 is 23.8 Å². The molecule has 3 aromatic rings. The van der Waals surface area contributed by atoms with Crippen molar-refractivity contribution in [1.82, 2.24) is 15.5 Å². The average molecular weight is 541 g/mol. The van der Waals surface area contributed by atoms with Crippen molar-refractivity contribution in [2.45, 2.75) is 26.3 Å². The minimum Gasteiger partial charge on any atom is -0.326 e. The van der Waals surface area contributed by atoms with Crippen LogP contribution in [0.3, 0.4) is 0 Å². The summed E-state index contributed by atoms with van der Waals surface area (Å²) in [6, 6.07) is 9.96. The van der Waals surface area contributed by atoms with Gasteiger partial charge in [0, 0.05) is 15.7 Å². The molecule has 2 atom stereocenters. The Morgan fingerprint density at radius 1 is 1.16 bits per heavy atom. The molecule has 32 heavy (non-hydrogen) atoms. The average Bonchev–Trinajstić information content (AvgIpc) is 3.23. The second kappa shape index (κ2) is 10.8. The van der Waals surface area contributed by atoms with Gasteiger partial charge in [-0.05, 0) is 36.2 Å². The van der Waals surface area contributed by atoms with Crippen molar-refractivity contribution in [2.24, 2.45) is 5.92 Å². The molecular formula is C21H20BrClFN5O2S. The van der Waals surface area contributed by atoms with Crippen molar-refractivity contribution in [1.29, 1.82) is 0 Å². The monoisotopic (exact) mass is 539 g/mol. The lowest BCUT2D eigenvalue weighted by molar-refractivity contribution is -0.119. The Kier molecular flexibility index (Phi) is 8.16. The molecule has 3 rings (SSSR count). The maximum absolute atomic E-state index is 13.3. The minimum absolute atomic E-state index is 0.114. The molecule has 1 aromatic heterocycles. The van der Waals surface area contributed by atoms with Gasteiger partial charge < -0.3 is 10.6 Å². The Labute approximate surface area is 201 Å². The van der Waals surface area contributed by atoms with E-state index in [1.807, 2.05) is 38.1 Å².